The molecule has 2 unspecified atom stereocenters. The highest BCUT2D eigenvalue weighted by Crippen LogP contribution is 2.29. The lowest BCUT2D eigenvalue weighted by Gasteiger charge is -2.32. The third-order valence-electron chi connectivity index (χ3n) is 2.91. The van der Waals surface area contributed by atoms with E-state index in [4.69, 9.17) is 4.74 Å². The first kappa shape index (κ1) is 12.7. The van der Waals surface area contributed by atoms with Crippen molar-refractivity contribution in [3.05, 3.63) is 60.2 Å². The molecule has 2 rings (SSSR count). The quantitative estimate of drug-likeness (QED) is 0.653. The third-order valence-corrected chi connectivity index (χ3v) is 2.91. The fourth-order valence-corrected chi connectivity index (χ4v) is 2.04. The first-order valence-electron chi connectivity index (χ1n) is 5.99. The van der Waals surface area contributed by atoms with Gasteiger partial charge in [-0.25, -0.2) is 0 Å². The zero-order chi connectivity index (χ0) is 13.0. The molecule has 0 radical (unpaired) electrons. The van der Waals surface area contributed by atoms with Crippen LogP contribution < -0.4 is 0 Å². The summed E-state index contributed by atoms with van der Waals surface area (Å²) in [6, 6.07) is 8.93. The summed E-state index contributed by atoms with van der Waals surface area (Å²) < 4.78 is 5.32. The molecule has 94 valence electrons. The molecule has 1 aromatic rings. The van der Waals surface area contributed by atoms with Crippen LogP contribution in [-0.4, -0.2) is 23.3 Å². The summed E-state index contributed by atoms with van der Waals surface area (Å²) in [5.41, 5.74) is 0.570. The monoisotopic (exact) mass is 244 g/mol. The second-order valence-electron chi connectivity index (χ2n) is 4.14. The van der Waals surface area contributed by atoms with Gasteiger partial charge in [-0.15, -0.1) is 0 Å². The van der Waals surface area contributed by atoms with Crippen LogP contribution in [0, 0.1) is 5.92 Å². The van der Waals surface area contributed by atoms with E-state index in [0.29, 0.717) is 12.2 Å². The van der Waals surface area contributed by atoms with Gasteiger partial charge < -0.3 is 9.84 Å². The van der Waals surface area contributed by atoms with E-state index in [1.54, 1.807) is 49.4 Å². The van der Waals surface area contributed by atoms with Gasteiger partial charge in [0.05, 0.1) is 5.92 Å². The Morgan fingerprint density at radius 2 is 2.06 bits per heavy atom. The predicted octanol–water partition coefficient (Wildman–Crippen LogP) is 2.34. The van der Waals surface area contributed by atoms with Gasteiger partial charge in [-0.05, 0) is 13.0 Å². The van der Waals surface area contributed by atoms with E-state index < -0.39 is 11.7 Å². The van der Waals surface area contributed by atoms with Crippen molar-refractivity contribution in [1.29, 1.82) is 0 Å². The molecule has 1 aromatic carbocycles. The van der Waals surface area contributed by atoms with Gasteiger partial charge in [0.25, 0.3) is 0 Å². The number of hydrogen-bond acceptors (Lipinski definition) is 3. The van der Waals surface area contributed by atoms with Crippen LogP contribution in [0.4, 0.5) is 0 Å². The molecule has 0 spiro atoms. The van der Waals surface area contributed by atoms with Crippen LogP contribution in [0.3, 0.4) is 0 Å². The van der Waals surface area contributed by atoms with Crippen molar-refractivity contribution in [2.75, 3.05) is 6.61 Å². The predicted molar refractivity (Wildman–Crippen MR) is 69.1 cm³/mol. The molecule has 18 heavy (non-hydrogen) atoms. The van der Waals surface area contributed by atoms with Crippen molar-refractivity contribution in [2.24, 2.45) is 5.92 Å². The molecule has 2 atom stereocenters. The van der Waals surface area contributed by atoms with Crippen LogP contribution in [0.15, 0.2) is 54.6 Å². The maximum atomic E-state index is 12.4. The first-order chi connectivity index (χ1) is 8.67. The lowest BCUT2D eigenvalue weighted by molar-refractivity contribution is -0.179. The number of allylic oxidation sites excluding steroid dienone is 2. The van der Waals surface area contributed by atoms with Crippen molar-refractivity contribution < 1.29 is 14.6 Å². The van der Waals surface area contributed by atoms with Crippen LogP contribution >= 0.6 is 0 Å². The van der Waals surface area contributed by atoms with Gasteiger partial charge in [0, 0.05) is 12.2 Å². The average molecular weight is 244 g/mol. The number of carbonyl (C=O) groups is 1. The molecule has 0 fully saturated rings. The summed E-state index contributed by atoms with van der Waals surface area (Å²) in [6.45, 7) is 2.13. The van der Waals surface area contributed by atoms with Crippen molar-refractivity contribution >= 4 is 5.78 Å². The second-order valence-corrected chi connectivity index (χ2v) is 4.14. The topological polar surface area (TPSA) is 46.5 Å². The summed E-state index contributed by atoms with van der Waals surface area (Å²) in [7, 11) is 0. The van der Waals surface area contributed by atoms with E-state index in [0.717, 1.165) is 0 Å². The molecule has 1 N–H and O–H groups in total. The summed E-state index contributed by atoms with van der Waals surface area (Å²) in [5.74, 6) is -2.40. The van der Waals surface area contributed by atoms with Crippen molar-refractivity contribution in [1.82, 2.24) is 0 Å². The normalized spacial score (nSPS) is 26.2. The maximum absolute atomic E-state index is 12.4. The summed E-state index contributed by atoms with van der Waals surface area (Å²) in [4.78, 5) is 12.4. The molecule has 0 aliphatic heterocycles. The van der Waals surface area contributed by atoms with Gasteiger partial charge in [-0.2, -0.15) is 0 Å². The Morgan fingerprint density at radius 1 is 1.33 bits per heavy atom. The average Bonchev–Trinajstić information content (AvgIpc) is 2.39. The van der Waals surface area contributed by atoms with Crippen molar-refractivity contribution in [3.63, 3.8) is 0 Å². The number of benzene rings is 1. The Kier molecular flexibility index (Phi) is 3.75. The minimum atomic E-state index is -1.55. The van der Waals surface area contributed by atoms with E-state index >= 15 is 0 Å². The zero-order valence-electron chi connectivity index (χ0n) is 10.2. The van der Waals surface area contributed by atoms with Gasteiger partial charge in [0.1, 0.15) is 0 Å². The highest BCUT2D eigenvalue weighted by atomic mass is 16.6. The molecule has 3 nitrogen and oxygen atoms in total. The lowest BCUT2D eigenvalue weighted by Crippen LogP contribution is -2.43. The Morgan fingerprint density at radius 3 is 2.72 bits per heavy atom. The van der Waals surface area contributed by atoms with E-state index in [1.165, 1.54) is 6.08 Å². The summed E-state index contributed by atoms with van der Waals surface area (Å²) in [5, 5.41) is 10.4. The zero-order valence-corrected chi connectivity index (χ0v) is 10.2. The van der Waals surface area contributed by atoms with Crippen molar-refractivity contribution in [3.8, 4) is 0 Å². The molecular weight excluding hydrogens is 228 g/mol. The second kappa shape index (κ2) is 5.29. The van der Waals surface area contributed by atoms with Crippen LogP contribution in [0.5, 0.6) is 0 Å². The van der Waals surface area contributed by atoms with E-state index in [1.807, 2.05) is 6.07 Å². The fourth-order valence-electron chi connectivity index (χ4n) is 2.04. The highest BCUT2D eigenvalue weighted by Gasteiger charge is 2.39. The van der Waals surface area contributed by atoms with Gasteiger partial charge in [0.2, 0.25) is 0 Å². The largest absolute Gasteiger partial charge is 0.361 e. The number of aliphatic hydroxyl groups is 1. The molecule has 0 heterocycles. The maximum Gasteiger partial charge on any atom is 0.199 e. The highest BCUT2D eigenvalue weighted by molar-refractivity contribution is 5.99. The lowest BCUT2D eigenvalue weighted by atomic mass is 9.86. The molecule has 0 bridgehead atoms. The van der Waals surface area contributed by atoms with Crippen LogP contribution in [0.25, 0.3) is 0 Å². The molecule has 1 aliphatic carbocycles. The molecule has 0 amide bonds. The summed E-state index contributed by atoms with van der Waals surface area (Å²) in [6.07, 6.45) is 6.62. The van der Waals surface area contributed by atoms with Crippen LogP contribution in [-0.2, 0) is 4.74 Å². The van der Waals surface area contributed by atoms with Gasteiger partial charge >= 0.3 is 0 Å². The number of hydrogen-bond donors (Lipinski definition) is 1. The number of Topliss-reactive ketones (excluding diaryl/α,β-unsaturated/α-hetero) is 1. The van der Waals surface area contributed by atoms with Gasteiger partial charge in [0.15, 0.2) is 11.6 Å². The first-order valence-corrected chi connectivity index (χ1v) is 5.99. The van der Waals surface area contributed by atoms with E-state index in [-0.39, 0.29) is 5.78 Å². The number of ketones is 1. The Hall–Kier alpha value is -1.71. The van der Waals surface area contributed by atoms with Crippen LogP contribution in [0.2, 0.25) is 0 Å². The summed E-state index contributed by atoms with van der Waals surface area (Å²) >= 11 is 0. The SMILES string of the molecule is CCOC1(O)C=CC=CC1C(=O)c1ccccc1. The van der Waals surface area contributed by atoms with Gasteiger partial charge in [-0.1, -0.05) is 48.6 Å². The Balaban J connectivity index is 2.29. The standard InChI is InChI=1S/C15H16O3/c1-2-18-15(17)11-7-6-10-13(15)14(16)12-8-4-3-5-9-12/h3-11,13,17H,2H2,1H3. The van der Waals surface area contributed by atoms with E-state index in [2.05, 4.69) is 0 Å². The minimum Gasteiger partial charge on any atom is -0.361 e. The smallest absolute Gasteiger partial charge is 0.199 e. The molecule has 0 aromatic heterocycles. The third kappa shape index (κ3) is 2.42. The molecule has 1 aliphatic rings. The molecular formula is C15H16O3. The number of ether oxygens (including phenoxy) is 1. The number of carbonyl (C=O) groups excluding carboxylic acids is 1. The van der Waals surface area contributed by atoms with Crippen molar-refractivity contribution in [2.45, 2.75) is 12.7 Å². The molecule has 0 saturated carbocycles. The Labute approximate surface area is 106 Å². The molecule has 0 saturated heterocycles. The Bertz CT molecular complexity index is 476. The van der Waals surface area contributed by atoms with Gasteiger partial charge in [-0.3, -0.25) is 4.79 Å². The number of rotatable bonds is 4. The van der Waals surface area contributed by atoms with E-state index in [9.17, 15) is 9.90 Å². The minimum absolute atomic E-state index is 0.146. The van der Waals surface area contributed by atoms with Crippen LogP contribution in [0.1, 0.15) is 17.3 Å². The fraction of sp³-hybridized carbons (Fsp3) is 0.267. The molecule has 3 heteroatoms.